The van der Waals surface area contributed by atoms with Crippen molar-refractivity contribution in [2.75, 3.05) is 5.32 Å². The number of hydrogen-bond donors (Lipinski definition) is 3. The van der Waals surface area contributed by atoms with E-state index in [9.17, 15) is 9.18 Å². The first kappa shape index (κ1) is 10.4. The van der Waals surface area contributed by atoms with Crippen molar-refractivity contribution >= 4 is 11.6 Å². The molecule has 0 aliphatic rings. The minimum atomic E-state index is -0.467. The van der Waals surface area contributed by atoms with Crippen LogP contribution in [0.4, 0.5) is 10.1 Å². The van der Waals surface area contributed by atoms with Crippen molar-refractivity contribution in [1.82, 2.24) is 15.2 Å². The summed E-state index contributed by atoms with van der Waals surface area (Å²) in [6, 6.07) is 1.14. The number of carbonyl (C=O) groups excluding carboxylic acids is 1. The number of halogens is 1. The Kier molecular flexibility index (Phi) is 2.47. The van der Waals surface area contributed by atoms with E-state index in [4.69, 9.17) is 0 Å². The molecule has 2 heterocycles. The lowest BCUT2D eigenvalue weighted by Crippen LogP contribution is -2.13. The Bertz CT molecular complexity index is 509. The van der Waals surface area contributed by atoms with E-state index in [1.807, 2.05) is 0 Å². The summed E-state index contributed by atoms with van der Waals surface area (Å²) in [5, 5.41) is 9.35. The number of anilines is 1. The number of aryl methyl sites for hydroxylation is 2. The van der Waals surface area contributed by atoms with Gasteiger partial charge in [-0.1, -0.05) is 0 Å². The molecule has 1 amide bonds. The van der Waals surface area contributed by atoms with Crippen molar-refractivity contribution in [3.63, 3.8) is 0 Å². The minimum Gasteiger partial charge on any atom is -0.355 e. The van der Waals surface area contributed by atoms with Gasteiger partial charge < -0.3 is 10.3 Å². The highest BCUT2D eigenvalue weighted by Gasteiger charge is 2.13. The molecule has 84 valence electrons. The van der Waals surface area contributed by atoms with E-state index in [-0.39, 0.29) is 5.69 Å². The molecule has 5 nitrogen and oxygen atoms in total. The summed E-state index contributed by atoms with van der Waals surface area (Å²) in [5.41, 5.74) is 2.26. The maximum absolute atomic E-state index is 12.7. The predicted molar refractivity (Wildman–Crippen MR) is 56.8 cm³/mol. The predicted octanol–water partition coefficient (Wildman–Crippen LogP) is 1.75. The third-order valence-corrected chi connectivity index (χ3v) is 2.26. The largest absolute Gasteiger partial charge is 0.355 e. The molecular weight excluding hydrogens is 211 g/mol. The lowest BCUT2D eigenvalue weighted by molar-refractivity contribution is 0.102. The first-order valence-corrected chi connectivity index (χ1v) is 4.75. The van der Waals surface area contributed by atoms with Gasteiger partial charge in [-0.05, 0) is 13.8 Å². The highest BCUT2D eigenvalue weighted by molar-refractivity contribution is 6.03. The van der Waals surface area contributed by atoms with E-state index < -0.39 is 11.7 Å². The number of aromatic amines is 2. The fourth-order valence-electron chi connectivity index (χ4n) is 1.41. The first-order chi connectivity index (χ1) is 7.58. The normalized spacial score (nSPS) is 10.4. The van der Waals surface area contributed by atoms with Gasteiger partial charge in [0.15, 0.2) is 0 Å². The fraction of sp³-hybridized carbons (Fsp3) is 0.200. The molecule has 6 heteroatoms. The molecule has 16 heavy (non-hydrogen) atoms. The molecule has 0 aliphatic heterocycles. The molecule has 0 aromatic carbocycles. The molecule has 0 saturated heterocycles. The second-order valence-corrected chi connectivity index (χ2v) is 3.49. The van der Waals surface area contributed by atoms with Gasteiger partial charge in [0, 0.05) is 12.3 Å². The smallest absolute Gasteiger partial charge is 0.272 e. The number of amides is 1. The van der Waals surface area contributed by atoms with E-state index in [0.717, 1.165) is 18.0 Å². The van der Waals surface area contributed by atoms with Gasteiger partial charge in [-0.25, -0.2) is 4.39 Å². The zero-order valence-corrected chi connectivity index (χ0v) is 8.89. The average Bonchev–Trinajstić information content (AvgIpc) is 2.79. The van der Waals surface area contributed by atoms with Gasteiger partial charge in [0.05, 0.1) is 17.1 Å². The molecule has 2 aromatic rings. The van der Waals surface area contributed by atoms with Crippen molar-refractivity contribution in [1.29, 1.82) is 0 Å². The third-order valence-electron chi connectivity index (χ3n) is 2.26. The Morgan fingerprint density at radius 3 is 2.75 bits per heavy atom. The van der Waals surface area contributed by atoms with Gasteiger partial charge in [0.25, 0.3) is 5.91 Å². The third kappa shape index (κ3) is 1.81. The van der Waals surface area contributed by atoms with Crippen LogP contribution in [-0.4, -0.2) is 21.1 Å². The average molecular weight is 222 g/mol. The monoisotopic (exact) mass is 222 g/mol. The summed E-state index contributed by atoms with van der Waals surface area (Å²) in [6.45, 7) is 3.57. The van der Waals surface area contributed by atoms with Gasteiger partial charge in [0.1, 0.15) is 11.5 Å². The topological polar surface area (TPSA) is 73.6 Å². The Morgan fingerprint density at radius 1 is 1.50 bits per heavy atom. The fourth-order valence-corrected chi connectivity index (χ4v) is 1.41. The highest BCUT2D eigenvalue weighted by Crippen LogP contribution is 2.17. The molecule has 2 aromatic heterocycles. The summed E-state index contributed by atoms with van der Waals surface area (Å²) in [6.07, 6.45) is 1.13. The summed E-state index contributed by atoms with van der Waals surface area (Å²) in [7, 11) is 0. The maximum atomic E-state index is 12.7. The van der Waals surface area contributed by atoms with Crippen LogP contribution in [0.5, 0.6) is 0 Å². The van der Waals surface area contributed by atoms with Crippen molar-refractivity contribution in [2.45, 2.75) is 13.8 Å². The van der Waals surface area contributed by atoms with Crippen LogP contribution in [0.1, 0.15) is 21.9 Å². The molecule has 0 unspecified atom stereocenters. The van der Waals surface area contributed by atoms with Gasteiger partial charge in [-0.3, -0.25) is 9.89 Å². The molecule has 0 aliphatic carbocycles. The van der Waals surface area contributed by atoms with Crippen molar-refractivity contribution in [2.24, 2.45) is 0 Å². The van der Waals surface area contributed by atoms with Crippen LogP contribution >= 0.6 is 0 Å². The first-order valence-electron chi connectivity index (χ1n) is 4.75. The van der Waals surface area contributed by atoms with Crippen molar-refractivity contribution in [3.8, 4) is 0 Å². The Balaban J connectivity index is 2.20. The van der Waals surface area contributed by atoms with Crippen molar-refractivity contribution < 1.29 is 9.18 Å². The molecule has 0 bridgehead atoms. The van der Waals surface area contributed by atoms with Crippen LogP contribution in [-0.2, 0) is 0 Å². The van der Waals surface area contributed by atoms with E-state index in [2.05, 4.69) is 20.5 Å². The number of nitrogens with one attached hydrogen (secondary N) is 3. The maximum Gasteiger partial charge on any atom is 0.272 e. The summed E-state index contributed by atoms with van der Waals surface area (Å²) in [5.74, 6) is -0.859. The van der Waals surface area contributed by atoms with Crippen LogP contribution in [0, 0.1) is 19.7 Å². The standard InChI is InChI=1S/C10H11FN4O/c1-5-9(6(2)15-14-5)13-10(16)8-3-7(11)4-12-8/h3-4,12H,1-2H3,(H,13,16)(H,14,15). The Labute approximate surface area is 91.1 Å². The van der Waals surface area contributed by atoms with Gasteiger partial charge in [-0.2, -0.15) is 5.10 Å². The van der Waals surface area contributed by atoms with E-state index in [1.54, 1.807) is 13.8 Å². The zero-order valence-electron chi connectivity index (χ0n) is 8.89. The van der Waals surface area contributed by atoms with E-state index in [1.165, 1.54) is 0 Å². The number of carbonyl (C=O) groups is 1. The molecule has 0 fully saturated rings. The number of nitrogens with zero attached hydrogens (tertiary/aromatic N) is 1. The SMILES string of the molecule is Cc1n[nH]c(C)c1NC(=O)c1cc(F)c[nH]1. The Morgan fingerprint density at radius 2 is 2.25 bits per heavy atom. The van der Waals surface area contributed by atoms with Gasteiger partial charge in [-0.15, -0.1) is 0 Å². The Hall–Kier alpha value is -2.11. The summed E-state index contributed by atoms with van der Waals surface area (Å²) < 4.78 is 12.7. The summed E-state index contributed by atoms with van der Waals surface area (Å²) in [4.78, 5) is 14.2. The van der Waals surface area contributed by atoms with Crippen LogP contribution < -0.4 is 5.32 Å². The molecule has 3 N–H and O–H groups in total. The van der Waals surface area contributed by atoms with E-state index in [0.29, 0.717) is 11.4 Å². The van der Waals surface area contributed by atoms with Gasteiger partial charge >= 0.3 is 0 Å². The lowest BCUT2D eigenvalue weighted by atomic mass is 10.3. The van der Waals surface area contributed by atoms with Crippen molar-refractivity contribution in [3.05, 3.63) is 35.2 Å². The van der Waals surface area contributed by atoms with Gasteiger partial charge in [0.2, 0.25) is 0 Å². The van der Waals surface area contributed by atoms with Crippen LogP contribution in [0.15, 0.2) is 12.3 Å². The second-order valence-electron chi connectivity index (χ2n) is 3.49. The molecule has 0 atom stereocenters. The number of hydrogen-bond acceptors (Lipinski definition) is 2. The van der Waals surface area contributed by atoms with Crippen LogP contribution in [0.2, 0.25) is 0 Å². The zero-order chi connectivity index (χ0) is 11.7. The molecule has 0 radical (unpaired) electrons. The number of aromatic nitrogens is 3. The molecule has 2 rings (SSSR count). The molecule has 0 saturated carbocycles. The highest BCUT2D eigenvalue weighted by atomic mass is 19.1. The quantitative estimate of drug-likeness (QED) is 0.724. The number of H-pyrrole nitrogens is 2. The number of rotatable bonds is 2. The minimum absolute atomic E-state index is 0.178. The lowest BCUT2D eigenvalue weighted by Gasteiger charge is -2.02. The summed E-state index contributed by atoms with van der Waals surface area (Å²) >= 11 is 0. The molecular formula is C10H11FN4O. The van der Waals surface area contributed by atoms with Crippen LogP contribution in [0.3, 0.4) is 0 Å². The van der Waals surface area contributed by atoms with E-state index >= 15 is 0 Å². The second kappa shape index (κ2) is 3.80. The van der Waals surface area contributed by atoms with Crippen LogP contribution in [0.25, 0.3) is 0 Å². The molecule has 0 spiro atoms.